The van der Waals surface area contributed by atoms with E-state index >= 15 is 0 Å². The first-order valence-electron chi connectivity index (χ1n) is 5.45. The molecule has 94 valence electrons. The highest BCUT2D eigenvalue weighted by Gasteiger charge is 2.03. The highest BCUT2D eigenvalue weighted by molar-refractivity contribution is 7.98. The van der Waals surface area contributed by atoms with Gasteiger partial charge in [-0.15, -0.1) is 11.8 Å². The van der Waals surface area contributed by atoms with Crippen molar-refractivity contribution in [1.82, 2.24) is 0 Å². The van der Waals surface area contributed by atoms with E-state index in [1.165, 1.54) is 23.9 Å². The molecule has 18 heavy (non-hydrogen) atoms. The number of rotatable bonds is 4. The third-order valence-corrected chi connectivity index (χ3v) is 3.86. The molecule has 1 N–H and O–H groups in total. The minimum Gasteiger partial charge on any atom is -0.392 e. The van der Waals surface area contributed by atoms with Gasteiger partial charge < -0.3 is 5.11 Å². The lowest BCUT2D eigenvalue weighted by molar-refractivity contribution is 0.281. The standard InChI is InChI=1S/C14H12ClFOS/c15-14-4-2-1-3-11(14)9-18-13-6-10(8-17)5-12(16)7-13/h1-7,17H,8-9H2. The quantitative estimate of drug-likeness (QED) is 0.846. The zero-order valence-corrected chi connectivity index (χ0v) is 11.1. The Hall–Kier alpha value is -1.03. The Balaban J connectivity index is 2.11. The Kier molecular flexibility index (Phi) is 4.64. The van der Waals surface area contributed by atoms with Crippen LogP contribution in [0.4, 0.5) is 4.39 Å². The van der Waals surface area contributed by atoms with Gasteiger partial charge in [0.2, 0.25) is 0 Å². The van der Waals surface area contributed by atoms with Crippen molar-refractivity contribution in [3.63, 3.8) is 0 Å². The van der Waals surface area contributed by atoms with Crippen LogP contribution in [0.15, 0.2) is 47.4 Å². The molecule has 2 aromatic rings. The molecule has 0 aliphatic carbocycles. The number of thioether (sulfide) groups is 1. The van der Waals surface area contributed by atoms with Crippen molar-refractivity contribution in [3.8, 4) is 0 Å². The van der Waals surface area contributed by atoms with Crippen LogP contribution in [0.25, 0.3) is 0 Å². The molecule has 4 heteroatoms. The smallest absolute Gasteiger partial charge is 0.124 e. The topological polar surface area (TPSA) is 20.2 Å². The Bertz CT molecular complexity index is 545. The van der Waals surface area contributed by atoms with Crippen molar-refractivity contribution >= 4 is 23.4 Å². The molecule has 0 bridgehead atoms. The van der Waals surface area contributed by atoms with Crippen LogP contribution in [0.2, 0.25) is 5.02 Å². The summed E-state index contributed by atoms with van der Waals surface area (Å²) in [6.45, 7) is -0.155. The van der Waals surface area contributed by atoms with Crippen molar-refractivity contribution in [1.29, 1.82) is 0 Å². The van der Waals surface area contributed by atoms with Gasteiger partial charge in [-0.25, -0.2) is 4.39 Å². The third kappa shape index (κ3) is 3.48. The average Bonchev–Trinajstić information content (AvgIpc) is 2.37. The number of aliphatic hydroxyl groups is 1. The van der Waals surface area contributed by atoms with E-state index in [1.54, 1.807) is 6.07 Å². The molecule has 2 aromatic carbocycles. The fourth-order valence-electron chi connectivity index (χ4n) is 1.57. The van der Waals surface area contributed by atoms with Crippen molar-refractivity contribution in [2.45, 2.75) is 17.3 Å². The minimum absolute atomic E-state index is 0.155. The predicted molar refractivity (Wildman–Crippen MR) is 73.3 cm³/mol. The van der Waals surface area contributed by atoms with Crippen LogP contribution in [0.3, 0.4) is 0 Å². The molecule has 2 rings (SSSR count). The van der Waals surface area contributed by atoms with Crippen molar-refractivity contribution in [2.75, 3.05) is 0 Å². The first-order chi connectivity index (χ1) is 8.69. The van der Waals surface area contributed by atoms with Gasteiger partial charge in [-0.2, -0.15) is 0 Å². The van der Waals surface area contributed by atoms with Gasteiger partial charge in [0.25, 0.3) is 0 Å². The lowest BCUT2D eigenvalue weighted by Crippen LogP contribution is -1.88. The van der Waals surface area contributed by atoms with Crippen LogP contribution in [-0.2, 0) is 12.4 Å². The zero-order valence-electron chi connectivity index (χ0n) is 9.57. The molecule has 0 aromatic heterocycles. The summed E-state index contributed by atoms with van der Waals surface area (Å²) in [7, 11) is 0. The summed E-state index contributed by atoms with van der Waals surface area (Å²) in [5.41, 5.74) is 1.59. The predicted octanol–water partition coefficient (Wildman–Crippen LogP) is 4.26. The minimum atomic E-state index is -0.330. The highest BCUT2D eigenvalue weighted by Crippen LogP contribution is 2.27. The molecule has 0 saturated carbocycles. The normalized spacial score (nSPS) is 10.6. The van der Waals surface area contributed by atoms with Crippen LogP contribution in [0.5, 0.6) is 0 Å². The van der Waals surface area contributed by atoms with Crippen molar-refractivity contribution in [3.05, 3.63) is 64.4 Å². The van der Waals surface area contributed by atoms with Gasteiger partial charge in [0.1, 0.15) is 5.82 Å². The lowest BCUT2D eigenvalue weighted by Gasteiger charge is -2.06. The molecule has 0 aliphatic heterocycles. The first kappa shape index (κ1) is 13.4. The summed E-state index contributed by atoms with van der Waals surface area (Å²) in [4.78, 5) is 0.791. The molecular formula is C14H12ClFOS. The highest BCUT2D eigenvalue weighted by atomic mass is 35.5. The Morgan fingerprint density at radius 3 is 2.67 bits per heavy atom. The second-order valence-corrected chi connectivity index (χ2v) is 5.29. The molecule has 0 unspecified atom stereocenters. The summed E-state index contributed by atoms with van der Waals surface area (Å²) in [6, 6.07) is 12.2. The number of halogens is 2. The van der Waals surface area contributed by atoms with E-state index in [4.69, 9.17) is 16.7 Å². The number of hydrogen-bond donors (Lipinski definition) is 1. The van der Waals surface area contributed by atoms with E-state index < -0.39 is 0 Å². The molecule has 1 nitrogen and oxygen atoms in total. The summed E-state index contributed by atoms with van der Waals surface area (Å²) in [5.74, 6) is 0.344. The Morgan fingerprint density at radius 2 is 1.94 bits per heavy atom. The van der Waals surface area contributed by atoms with Crippen molar-refractivity contribution < 1.29 is 9.50 Å². The maximum absolute atomic E-state index is 13.3. The lowest BCUT2D eigenvalue weighted by atomic mass is 10.2. The van der Waals surface area contributed by atoms with E-state index in [0.717, 1.165) is 10.5 Å². The molecule has 0 heterocycles. The number of hydrogen-bond acceptors (Lipinski definition) is 2. The molecule has 0 aliphatic rings. The van der Waals surface area contributed by atoms with Gasteiger partial charge in [-0.05, 0) is 35.4 Å². The van der Waals surface area contributed by atoms with Gasteiger partial charge in [-0.3, -0.25) is 0 Å². The second kappa shape index (κ2) is 6.23. The Labute approximate surface area is 115 Å². The first-order valence-corrected chi connectivity index (χ1v) is 6.82. The van der Waals surface area contributed by atoms with Crippen LogP contribution >= 0.6 is 23.4 Å². The van der Waals surface area contributed by atoms with Gasteiger partial charge in [-0.1, -0.05) is 29.8 Å². The maximum Gasteiger partial charge on any atom is 0.124 e. The monoisotopic (exact) mass is 282 g/mol. The van der Waals surface area contributed by atoms with Crippen molar-refractivity contribution in [2.24, 2.45) is 0 Å². The van der Waals surface area contributed by atoms with Crippen LogP contribution in [0, 0.1) is 5.82 Å². The van der Waals surface area contributed by atoms with Crippen LogP contribution in [-0.4, -0.2) is 5.11 Å². The molecule has 0 fully saturated rings. The van der Waals surface area contributed by atoms with Crippen LogP contribution < -0.4 is 0 Å². The van der Waals surface area contributed by atoms with E-state index in [0.29, 0.717) is 16.3 Å². The van der Waals surface area contributed by atoms with Gasteiger partial charge in [0.15, 0.2) is 0 Å². The fraction of sp³-hybridized carbons (Fsp3) is 0.143. The summed E-state index contributed by atoms with van der Waals surface area (Å²) >= 11 is 7.55. The third-order valence-electron chi connectivity index (χ3n) is 2.47. The van der Waals surface area contributed by atoms with Crippen LogP contribution in [0.1, 0.15) is 11.1 Å². The number of benzene rings is 2. The molecule has 0 radical (unpaired) electrons. The zero-order chi connectivity index (χ0) is 13.0. The fourth-order valence-corrected chi connectivity index (χ4v) is 2.86. The van der Waals surface area contributed by atoms with E-state index in [2.05, 4.69) is 0 Å². The summed E-state index contributed by atoms with van der Waals surface area (Å²) in [6.07, 6.45) is 0. The Morgan fingerprint density at radius 1 is 1.17 bits per heavy atom. The molecule has 0 amide bonds. The van der Waals surface area contributed by atoms with E-state index in [-0.39, 0.29) is 12.4 Å². The molecule has 0 saturated heterocycles. The van der Waals surface area contributed by atoms with E-state index in [1.807, 2.05) is 24.3 Å². The average molecular weight is 283 g/mol. The summed E-state index contributed by atoms with van der Waals surface area (Å²) < 4.78 is 13.3. The molecule has 0 spiro atoms. The van der Waals surface area contributed by atoms with Gasteiger partial charge in [0.05, 0.1) is 6.61 Å². The molecular weight excluding hydrogens is 271 g/mol. The largest absolute Gasteiger partial charge is 0.392 e. The molecule has 0 atom stereocenters. The SMILES string of the molecule is OCc1cc(F)cc(SCc2ccccc2Cl)c1. The van der Waals surface area contributed by atoms with E-state index in [9.17, 15) is 4.39 Å². The maximum atomic E-state index is 13.3. The summed E-state index contributed by atoms with van der Waals surface area (Å²) in [5, 5.41) is 9.73. The van der Waals surface area contributed by atoms with Gasteiger partial charge >= 0.3 is 0 Å². The van der Waals surface area contributed by atoms with Gasteiger partial charge in [0, 0.05) is 15.7 Å². The number of aliphatic hydroxyl groups excluding tert-OH is 1. The second-order valence-electron chi connectivity index (χ2n) is 3.83.